The third-order valence-electron chi connectivity index (χ3n) is 3.13. The summed E-state index contributed by atoms with van der Waals surface area (Å²) in [5.74, 6) is 0.0418. The van der Waals surface area contributed by atoms with Crippen LogP contribution in [0.15, 0.2) is 48.5 Å². The zero-order valence-corrected chi connectivity index (χ0v) is 13.2. The zero-order valence-electron chi connectivity index (χ0n) is 12.4. The molecule has 0 aliphatic rings. The van der Waals surface area contributed by atoms with E-state index in [0.717, 1.165) is 5.56 Å². The predicted molar refractivity (Wildman–Crippen MR) is 86.5 cm³/mol. The Bertz CT molecular complexity index is 721. The van der Waals surface area contributed by atoms with Crippen molar-refractivity contribution in [2.75, 3.05) is 13.7 Å². The second-order valence-electron chi connectivity index (χ2n) is 4.92. The summed E-state index contributed by atoms with van der Waals surface area (Å²) >= 11 is 5.91. The van der Waals surface area contributed by atoms with Gasteiger partial charge in [0.1, 0.15) is 5.75 Å². The smallest absolute Gasteiger partial charge is 0.273 e. The molecule has 7 heteroatoms. The minimum absolute atomic E-state index is 0.0813. The lowest BCUT2D eigenvalue weighted by atomic mass is 10.2. The number of non-ortho nitro benzene ring substituents is 1. The summed E-state index contributed by atoms with van der Waals surface area (Å²) < 4.78 is 5.32. The van der Waals surface area contributed by atoms with Crippen molar-refractivity contribution in [1.29, 1.82) is 0 Å². The fourth-order valence-corrected chi connectivity index (χ4v) is 2.15. The molecule has 0 unspecified atom stereocenters. The van der Waals surface area contributed by atoms with E-state index >= 15 is 0 Å². The number of carbonyl (C=O) groups is 1. The molecule has 6 nitrogen and oxygen atoms in total. The molecule has 0 radical (unpaired) electrons. The van der Waals surface area contributed by atoms with E-state index in [-0.39, 0.29) is 24.0 Å². The Morgan fingerprint density at radius 1 is 1.26 bits per heavy atom. The van der Waals surface area contributed by atoms with Crippen molar-refractivity contribution in [3.63, 3.8) is 0 Å². The highest BCUT2D eigenvalue weighted by atomic mass is 35.5. The Morgan fingerprint density at radius 3 is 2.70 bits per heavy atom. The summed E-state index contributed by atoms with van der Waals surface area (Å²) in [5.41, 5.74) is 0.825. The molecule has 0 saturated carbocycles. The molecule has 0 aliphatic carbocycles. The molecular weight excluding hydrogens is 320 g/mol. The van der Waals surface area contributed by atoms with Crippen molar-refractivity contribution >= 4 is 23.2 Å². The Hall–Kier alpha value is -2.60. The van der Waals surface area contributed by atoms with Crippen LogP contribution in [-0.4, -0.2) is 29.4 Å². The van der Waals surface area contributed by atoms with Gasteiger partial charge in [-0.25, -0.2) is 0 Å². The van der Waals surface area contributed by atoms with Crippen molar-refractivity contribution in [3.05, 3.63) is 69.2 Å². The Morgan fingerprint density at radius 2 is 2.00 bits per heavy atom. The Kier molecular flexibility index (Phi) is 5.54. The highest BCUT2D eigenvalue weighted by molar-refractivity contribution is 6.30. The number of ether oxygens (including phenoxy) is 1. The van der Waals surface area contributed by atoms with Gasteiger partial charge in [-0.05, 0) is 23.8 Å². The van der Waals surface area contributed by atoms with Gasteiger partial charge in [-0.15, -0.1) is 0 Å². The van der Waals surface area contributed by atoms with Gasteiger partial charge in [-0.2, -0.15) is 0 Å². The number of benzene rings is 2. The van der Waals surface area contributed by atoms with Gasteiger partial charge < -0.3 is 9.64 Å². The molecule has 0 heterocycles. The number of hydrogen-bond acceptors (Lipinski definition) is 4. The second-order valence-corrected chi connectivity index (χ2v) is 5.36. The van der Waals surface area contributed by atoms with Crippen molar-refractivity contribution in [1.82, 2.24) is 4.90 Å². The van der Waals surface area contributed by atoms with Crippen LogP contribution in [0.4, 0.5) is 5.69 Å². The number of nitrogens with zero attached hydrogens (tertiary/aromatic N) is 2. The fourth-order valence-electron chi connectivity index (χ4n) is 1.94. The molecule has 0 aromatic heterocycles. The van der Waals surface area contributed by atoms with Gasteiger partial charge >= 0.3 is 0 Å². The number of hydrogen-bond donors (Lipinski definition) is 0. The highest BCUT2D eigenvalue weighted by Gasteiger charge is 2.12. The SMILES string of the molecule is CN(Cc1cccc(Cl)c1)C(=O)COc1cccc([N+](=O)[O-])c1. The molecule has 2 aromatic rings. The number of likely N-dealkylation sites (N-methyl/N-ethyl adjacent to an activating group) is 1. The standard InChI is InChI=1S/C16H15ClN2O4/c1-18(10-12-4-2-5-13(17)8-12)16(20)11-23-15-7-3-6-14(9-15)19(21)22/h2-9H,10-11H2,1H3. The number of nitro groups is 1. The quantitative estimate of drug-likeness (QED) is 0.600. The molecule has 0 aliphatic heterocycles. The molecule has 120 valence electrons. The number of rotatable bonds is 6. The van der Waals surface area contributed by atoms with E-state index in [1.165, 1.54) is 23.1 Å². The fraction of sp³-hybridized carbons (Fsp3) is 0.188. The lowest BCUT2D eigenvalue weighted by molar-refractivity contribution is -0.384. The number of carbonyl (C=O) groups excluding carboxylic acids is 1. The van der Waals surface area contributed by atoms with Crippen LogP contribution in [0.2, 0.25) is 5.02 Å². The van der Waals surface area contributed by atoms with E-state index in [9.17, 15) is 14.9 Å². The van der Waals surface area contributed by atoms with Crippen LogP contribution in [-0.2, 0) is 11.3 Å². The molecule has 1 amide bonds. The number of amides is 1. The Balaban J connectivity index is 1.91. The summed E-state index contributed by atoms with van der Waals surface area (Å²) in [6, 6.07) is 13.0. The summed E-state index contributed by atoms with van der Waals surface area (Å²) in [7, 11) is 1.65. The van der Waals surface area contributed by atoms with Crippen LogP contribution < -0.4 is 4.74 Å². The maximum absolute atomic E-state index is 12.1. The first-order chi connectivity index (χ1) is 11.0. The summed E-state index contributed by atoms with van der Waals surface area (Å²) in [4.78, 5) is 23.7. The van der Waals surface area contributed by atoms with E-state index in [1.54, 1.807) is 25.2 Å². The first-order valence-electron chi connectivity index (χ1n) is 6.81. The largest absolute Gasteiger partial charge is 0.484 e. The van der Waals surface area contributed by atoms with E-state index in [2.05, 4.69) is 0 Å². The van der Waals surface area contributed by atoms with Crippen LogP contribution in [0.25, 0.3) is 0 Å². The second kappa shape index (κ2) is 7.60. The van der Waals surface area contributed by atoms with E-state index in [4.69, 9.17) is 16.3 Å². The molecular formula is C16H15ClN2O4. The lowest BCUT2D eigenvalue weighted by Gasteiger charge is -2.17. The average molecular weight is 335 g/mol. The third kappa shape index (κ3) is 4.96. The van der Waals surface area contributed by atoms with Gasteiger partial charge in [-0.1, -0.05) is 29.8 Å². The van der Waals surface area contributed by atoms with Crippen LogP contribution in [0.5, 0.6) is 5.75 Å². The molecule has 0 spiro atoms. The first-order valence-corrected chi connectivity index (χ1v) is 7.19. The average Bonchev–Trinajstić information content (AvgIpc) is 2.52. The summed E-state index contributed by atoms with van der Waals surface area (Å²) in [5, 5.41) is 11.3. The molecule has 2 aromatic carbocycles. The Labute approximate surface area is 138 Å². The molecule has 0 bridgehead atoms. The van der Waals surface area contributed by atoms with Crippen molar-refractivity contribution in [2.24, 2.45) is 0 Å². The van der Waals surface area contributed by atoms with Gasteiger partial charge in [0.15, 0.2) is 6.61 Å². The van der Waals surface area contributed by atoms with Gasteiger partial charge in [0.2, 0.25) is 0 Å². The predicted octanol–water partition coefficient (Wildman–Crippen LogP) is 3.29. The molecule has 2 rings (SSSR count). The van der Waals surface area contributed by atoms with Gasteiger partial charge in [0, 0.05) is 24.7 Å². The maximum Gasteiger partial charge on any atom is 0.273 e. The monoisotopic (exact) mass is 334 g/mol. The van der Waals surface area contributed by atoms with Crippen molar-refractivity contribution in [2.45, 2.75) is 6.54 Å². The summed E-state index contributed by atoms with van der Waals surface area (Å²) in [6.07, 6.45) is 0. The highest BCUT2D eigenvalue weighted by Crippen LogP contribution is 2.19. The molecule has 0 atom stereocenters. The zero-order chi connectivity index (χ0) is 16.8. The number of nitro benzene ring substituents is 1. The van der Waals surface area contributed by atoms with Crippen LogP contribution in [0.3, 0.4) is 0 Å². The molecule has 0 N–H and O–H groups in total. The van der Waals surface area contributed by atoms with Gasteiger partial charge in [-0.3, -0.25) is 14.9 Å². The first kappa shape index (κ1) is 16.8. The van der Waals surface area contributed by atoms with Gasteiger partial charge in [0.25, 0.3) is 11.6 Å². The topological polar surface area (TPSA) is 72.7 Å². The lowest BCUT2D eigenvalue weighted by Crippen LogP contribution is -2.30. The van der Waals surface area contributed by atoms with Gasteiger partial charge in [0.05, 0.1) is 11.0 Å². The molecule has 0 saturated heterocycles. The minimum atomic E-state index is -0.514. The van der Waals surface area contributed by atoms with Crippen molar-refractivity contribution in [3.8, 4) is 5.75 Å². The van der Waals surface area contributed by atoms with E-state index in [1.807, 2.05) is 12.1 Å². The minimum Gasteiger partial charge on any atom is -0.484 e. The maximum atomic E-state index is 12.1. The van der Waals surface area contributed by atoms with E-state index in [0.29, 0.717) is 11.6 Å². The van der Waals surface area contributed by atoms with Crippen molar-refractivity contribution < 1.29 is 14.5 Å². The molecule has 0 fully saturated rings. The van der Waals surface area contributed by atoms with Crippen LogP contribution >= 0.6 is 11.6 Å². The summed E-state index contributed by atoms with van der Waals surface area (Å²) in [6.45, 7) is 0.204. The molecule has 23 heavy (non-hydrogen) atoms. The van der Waals surface area contributed by atoms with Crippen LogP contribution in [0.1, 0.15) is 5.56 Å². The number of halogens is 1. The van der Waals surface area contributed by atoms with Crippen LogP contribution in [0, 0.1) is 10.1 Å². The van der Waals surface area contributed by atoms with E-state index < -0.39 is 4.92 Å². The normalized spacial score (nSPS) is 10.2. The third-order valence-corrected chi connectivity index (χ3v) is 3.36.